The monoisotopic (exact) mass is 302 g/mol. The van der Waals surface area contributed by atoms with Gasteiger partial charge in [0.2, 0.25) is 0 Å². The number of hydrogen-bond donors (Lipinski definition) is 2. The summed E-state index contributed by atoms with van der Waals surface area (Å²) in [7, 11) is 1.34. The van der Waals surface area contributed by atoms with Gasteiger partial charge in [0, 0.05) is 15.7 Å². The second-order valence-electron chi connectivity index (χ2n) is 2.99. The number of benzene rings is 1. The molecule has 0 aliphatic carbocycles. The Kier molecular flexibility index (Phi) is 4.70. The summed E-state index contributed by atoms with van der Waals surface area (Å²) in [6.45, 7) is 0.113. The Bertz CT molecular complexity index is 423. The van der Waals surface area contributed by atoms with E-state index in [0.29, 0.717) is 4.99 Å². The zero-order valence-corrected chi connectivity index (χ0v) is 11.0. The minimum Gasteiger partial charge on any atom is -0.468 e. The van der Waals surface area contributed by atoms with E-state index in [-0.39, 0.29) is 12.5 Å². The van der Waals surface area contributed by atoms with Gasteiger partial charge < -0.3 is 15.8 Å². The molecule has 0 atom stereocenters. The molecule has 0 heterocycles. The molecular formula is C10H11BrN2O2S. The Balaban J connectivity index is 2.75. The lowest BCUT2D eigenvalue weighted by molar-refractivity contribution is -0.138. The van der Waals surface area contributed by atoms with Gasteiger partial charge >= 0.3 is 5.97 Å². The maximum atomic E-state index is 10.9. The van der Waals surface area contributed by atoms with Gasteiger partial charge in [-0.15, -0.1) is 0 Å². The molecule has 3 N–H and O–H groups in total. The van der Waals surface area contributed by atoms with Crippen LogP contribution in [0, 0.1) is 0 Å². The fourth-order valence-electron chi connectivity index (χ4n) is 1.05. The van der Waals surface area contributed by atoms with E-state index < -0.39 is 0 Å². The van der Waals surface area contributed by atoms with Crippen molar-refractivity contribution >= 4 is 44.8 Å². The molecular weight excluding hydrogens is 292 g/mol. The van der Waals surface area contributed by atoms with Crippen molar-refractivity contribution in [3.8, 4) is 0 Å². The van der Waals surface area contributed by atoms with E-state index in [1.165, 1.54) is 7.11 Å². The molecule has 0 amide bonds. The summed E-state index contributed by atoms with van der Waals surface area (Å²) in [5.41, 5.74) is 7.04. The highest BCUT2D eigenvalue weighted by Crippen LogP contribution is 2.23. The fourth-order valence-corrected chi connectivity index (χ4v) is 1.70. The number of esters is 1. The fraction of sp³-hybridized carbons (Fsp3) is 0.200. The van der Waals surface area contributed by atoms with Crippen LogP contribution in [0.5, 0.6) is 0 Å². The Labute approximate surface area is 107 Å². The third-order valence-electron chi connectivity index (χ3n) is 1.90. The number of halogens is 1. The average molecular weight is 303 g/mol. The number of rotatable bonds is 4. The molecule has 86 valence electrons. The molecule has 0 spiro atoms. The van der Waals surface area contributed by atoms with Gasteiger partial charge in [0.15, 0.2) is 0 Å². The van der Waals surface area contributed by atoms with Crippen LogP contribution in [-0.4, -0.2) is 24.6 Å². The SMILES string of the molecule is COC(=O)CNc1ccc(C(N)=S)cc1Br. The predicted molar refractivity (Wildman–Crippen MR) is 70.5 cm³/mol. The first-order valence-corrected chi connectivity index (χ1v) is 5.64. The van der Waals surface area contributed by atoms with Crippen LogP contribution < -0.4 is 11.1 Å². The van der Waals surface area contributed by atoms with Gasteiger partial charge in [-0.3, -0.25) is 4.79 Å². The average Bonchev–Trinajstić information content (AvgIpc) is 2.26. The van der Waals surface area contributed by atoms with E-state index >= 15 is 0 Å². The van der Waals surface area contributed by atoms with E-state index in [2.05, 4.69) is 26.0 Å². The van der Waals surface area contributed by atoms with E-state index in [1.54, 1.807) is 18.2 Å². The molecule has 0 aliphatic rings. The maximum absolute atomic E-state index is 10.9. The van der Waals surface area contributed by atoms with Gasteiger partial charge in [-0.25, -0.2) is 0 Å². The molecule has 0 fully saturated rings. The van der Waals surface area contributed by atoms with Crippen LogP contribution in [0.1, 0.15) is 5.56 Å². The van der Waals surface area contributed by atoms with Gasteiger partial charge in [-0.1, -0.05) is 12.2 Å². The number of hydrogen-bond acceptors (Lipinski definition) is 4. The Morgan fingerprint density at radius 1 is 1.62 bits per heavy atom. The number of methoxy groups -OCH3 is 1. The zero-order valence-electron chi connectivity index (χ0n) is 8.62. The number of carbonyl (C=O) groups is 1. The van der Waals surface area contributed by atoms with Gasteiger partial charge in [-0.05, 0) is 34.1 Å². The molecule has 1 aromatic carbocycles. The summed E-state index contributed by atoms with van der Waals surface area (Å²) in [6, 6.07) is 5.37. The van der Waals surface area contributed by atoms with Crippen LogP contribution in [0.25, 0.3) is 0 Å². The predicted octanol–water partition coefficient (Wildman–Crippen LogP) is 1.67. The van der Waals surface area contributed by atoms with Crippen molar-refractivity contribution in [2.45, 2.75) is 0 Å². The quantitative estimate of drug-likeness (QED) is 0.654. The summed E-state index contributed by atoms with van der Waals surface area (Å²) in [6.07, 6.45) is 0. The molecule has 1 aromatic rings. The third kappa shape index (κ3) is 3.46. The Hall–Kier alpha value is -1.14. The minimum atomic E-state index is -0.328. The maximum Gasteiger partial charge on any atom is 0.325 e. The molecule has 0 aliphatic heterocycles. The summed E-state index contributed by atoms with van der Waals surface area (Å²) >= 11 is 8.21. The highest BCUT2D eigenvalue weighted by molar-refractivity contribution is 9.10. The van der Waals surface area contributed by atoms with E-state index in [1.807, 2.05) is 0 Å². The molecule has 0 saturated heterocycles. The number of nitrogens with two attached hydrogens (primary N) is 1. The standard InChI is InChI=1S/C10H11BrN2O2S/c1-15-9(14)5-13-8-3-2-6(10(12)16)4-7(8)11/h2-4,13H,5H2,1H3,(H2,12,16). The van der Waals surface area contributed by atoms with Gasteiger partial charge in [0.1, 0.15) is 11.5 Å². The van der Waals surface area contributed by atoms with Crippen molar-refractivity contribution in [2.24, 2.45) is 5.73 Å². The lowest BCUT2D eigenvalue weighted by Crippen LogP contribution is -2.15. The van der Waals surface area contributed by atoms with Crippen molar-refractivity contribution in [3.05, 3.63) is 28.2 Å². The number of carbonyl (C=O) groups excluding carboxylic acids is 1. The first kappa shape index (κ1) is 12.9. The van der Waals surface area contributed by atoms with Gasteiger partial charge in [-0.2, -0.15) is 0 Å². The van der Waals surface area contributed by atoms with Gasteiger partial charge in [0.25, 0.3) is 0 Å². The number of thiocarbonyl (C=S) groups is 1. The smallest absolute Gasteiger partial charge is 0.325 e. The highest BCUT2D eigenvalue weighted by Gasteiger charge is 2.05. The summed E-state index contributed by atoms with van der Waals surface area (Å²) in [4.78, 5) is 11.3. The first-order valence-electron chi connectivity index (χ1n) is 4.44. The summed E-state index contributed by atoms with van der Waals surface area (Å²) < 4.78 is 5.31. The zero-order chi connectivity index (χ0) is 12.1. The summed E-state index contributed by atoms with van der Waals surface area (Å²) in [5, 5.41) is 2.92. The van der Waals surface area contributed by atoms with E-state index in [4.69, 9.17) is 18.0 Å². The molecule has 0 unspecified atom stereocenters. The second-order valence-corrected chi connectivity index (χ2v) is 4.28. The Morgan fingerprint density at radius 3 is 2.81 bits per heavy atom. The van der Waals surface area contributed by atoms with Crippen LogP contribution in [0.4, 0.5) is 5.69 Å². The van der Waals surface area contributed by atoms with Crippen molar-refractivity contribution in [3.63, 3.8) is 0 Å². The molecule has 4 nitrogen and oxygen atoms in total. The van der Waals surface area contributed by atoms with Crippen LogP contribution in [0.2, 0.25) is 0 Å². The van der Waals surface area contributed by atoms with Crippen molar-refractivity contribution < 1.29 is 9.53 Å². The molecule has 0 radical (unpaired) electrons. The minimum absolute atomic E-state index is 0.113. The lowest BCUT2D eigenvalue weighted by atomic mass is 10.2. The molecule has 0 bridgehead atoms. The summed E-state index contributed by atoms with van der Waals surface area (Å²) in [5.74, 6) is -0.328. The number of ether oxygens (including phenoxy) is 1. The second kappa shape index (κ2) is 5.81. The van der Waals surface area contributed by atoms with E-state index in [0.717, 1.165) is 15.7 Å². The van der Waals surface area contributed by atoms with Crippen molar-refractivity contribution in [2.75, 3.05) is 19.0 Å². The van der Waals surface area contributed by atoms with Crippen LogP contribution >= 0.6 is 28.1 Å². The normalized spacial score (nSPS) is 9.62. The Morgan fingerprint density at radius 2 is 2.31 bits per heavy atom. The van der Waals surface area contributed by atoms with Crippen LogP contribution in [-0.2, 0) is 9.53 Å². The third-order valence-corrected chi connectivity index (χ3v) is 2.80. The first-order chi connectivity index (χ1) is 7.54. The lowest BCUT2D eigenvalue weighted by Gasteiger charge is -2.08. The highest BCUT2D eigenvalue weighted by atomic mass is 79.9. The van der Waals surface area contributed by atoms with Gasteiger partial charge in [0.05, 0.1) is 7.11 Å². The topological polar surface area (TPSA) is 64.3 Å². The molecule has 0 aromatic heterocycles. The van der Waals surface area contributed by atoms with Crippen molar-refractivity contribution in [1.82, 2.24) is 0 Å². The van der Waals surface area contributed by atoms with Crippen LogP contribution in [0.3, 0.4) is 0 Å². The molecule has 0 saturated carbocycles. The number of anilines is 1. The van der Waals surface area contributed by atoms with E-state index in [9.17, 15) is 4.79 Å². The molecule has 6 heteroatoms. The molecule has 16 heavy (non-hydrogen) atoms. The molecule has 1 rings (SSSR count). The van der Waals surface area contributed by atoms with Crippen LogP contribution in [0.15, 0.2) is 22.7 Å². The van der Waals surface area contributed by atoms with Crippen molar-refractivity contribution in [1.29, 1.82) is 0 Å². The largest absolute Gasteiger partial charge is 0.468 e. The number of nitrogens with one attached hydrogen (secondary N) is 1.